The van der Waals surface area contributed by atoms with Gasteiger partial charge in [-0.1, -0.05) is 78.9 Å². The number of nitrogens with one attached hydrogen (secondary N) is 2. The first-order valence-corrected chi connectivity index (χ1v) is 17.4. The number of para-hydroxylation sites is 2. The Morgan fingerprint density at radius 2 is 1.56 bits per heavy atom. The van der Waals surface area contributed by atoms with Gasteiger partial charge < -0.3 is 9.82 Å². The first-order chi connectivity index (χ1) is 22.7. The number of nitrogens with zero attached hydrogens (tertiary/aromatic N) is 2. The smallest absolute Gasteiger partial charge is 0.344 e. The molecule has 1 aliphatic heterocycles. The van der Waals surface area contributed by atoms with Crippen molar-refractivity contribution in [1.29, 1.82) is 0 Å². The Bertz CT molecular complexity index is 2040. The van der Waals surface area contributed by atoms with Crippen molar-refractivity contribution in [3.8, 4) is 11.1 Å². The van der Waals surface area contributed by atoms with E-state index in [-0.39, 0.29) is 23.1 Å². The van der Waals surface area contributed by atoms with Gasteiger partial charge in [0, 0.05) is 0 Å². The number of carbonyl (C=O) groups is 2. The number of halogens is 3. The molecule has 1 aliphatic rings. The number of hydroxylamine groups is 1. The molecule has 0 radical (unpaired) electrons. The van der Waals surface area contributed by atoms with Crippen LogP contribution >= 0.6 is 10.8 Å². The molecule has 1 amide bonds. The number of rotatable bonds is 9. The van der Waals surface area contributed by atoms with Gasteiger partial charge in [0.1, 0.15) is 17.1 Å². The summed E-state index contributed by atoms with van der Waals surface area (Å²) >= 11 is 0. The summed E-state index contributed by atoms with van der Waals surface area (Å²) in [5.74, 6) is -3.41. The van der Waals surface area contributed by atoms with Crippen LogP contribution in [0.4, 0.5) is 13.2 Å². The highest BCUT2D eigenvalue weighted by Crippen LogP contribution is 2.56. The minimum Gasteiger partial charge on any atom is -0.344 e. The van der Waals surface area contributed by atoms with Crippen LogP contribution in [-0.2, 0) is 30.9 Å². The zero-order valence-electron chi connectivity index (χ0n) is 24.7. The van der Waals surface area contributed by atoms with Crippen LogP contribution in [0.1, 0.15) is 34.7 Å². The summed E-state index contributed by atoms with van der Waals surface area (Å²) in [6, 6.07) is 25.3. The van der Waals surface area contributed by atoms with Crippen LogP contribution in [0.15, 0.2) is 108 Å². The van der Waals surface area contributed by atoms with Gasteiger partial charge in [-0.05, 0) is 57.4 Å². The molecule has 4 N–H and O–H groups in total. The third kappa shape index (κ3) is 6.79. The lowest BCUT2D eigenvalue weighted by Crippen LogP contribution is -2.42. The topological polar surface area (TPSA) is 162 Å². The summed E-state index contributed by atoms with van der Waals surface area (Å²) in [7, 11) is -8.44. The zero-order chi connectivity index (χ0) is 34.3. The maximum absolute atomic E-state index is 14.1. The maximum atomic E-state index is 14.1. The van der Waals surface area contributed by atoms with E-state index in [1.807, 2.05) is 0 Å². The standard InChI is InChI=1S/C32H27F3N4O7S2/c33-32(34,35)31(41)46-39(48(44,45)24-16-14-22(15-17-24)21-6-2-1-3-7-21)27(30-36-25-8-4-5-9-26(25)37-30)18-20-10-12-23(13-11-20)28-19-29(40)38-47(28,42)43/h1-17,27-28,42-43H,18-19H2,(H,36,37)(H,38,40)/t27-,28+/m0/s1. The molecule has 16 heteroatoms. The molecular weight excluding hydrogens is 674 g/mol. The monoisotopic (exact) mass is 700 g/mol. The Morgan fingerprint density at radius 3 is 2.17 bits per heavy atom. The molecule has 250 valence electrons. The van der Waals surface area contributed by atoms with E-state index in [4.69, 9.17) is 4.84 Å². The number of H-pyrrole nitrogens is 1. The van der Waals surface area contributed by atoms with Gasteiger partial charge in [-0.25, -0.2) is 18.2 Å². The second-order valence-electron chi connectivity index (χ2n) is 10.9. The highest BCUT2D eigenvalue weighted by molar-refractivity contribution is 8.23. The average Bonchev–Trinajstić information content (AvgIpc) is 3.61. The Morgan fingerprint density at radius 1 is 0.938 bits per heavy atom. The van der Waals surface area contributed by atoms with E-state index in [0.717, 1.165) is 5.56 Å². The van der Waals surface area contributed by atoms with Crippen molar-refractivity contribution in [2.24, 2.45) is 0 Å². The van der Waals surface area contributed by atoms with Crippen molar-refractivity contribution >= 4 is 43.7 Å². The fourth-order valence-electron chi connectivity index (χ4n) is 5.33. The Hall–Kier alpha value is -4.74. The molecule has 48 heavy (non-hydrogen) atoms. The lowest BCUT2D eigenvalue weighted by molar-refractivity contribution is -0.227. The van der Waals surface area contributed by atoms with Crippen LogP contribution in [0.3, 0.4) is 0 Å². The molecule has 4 aromatic carbocycles. The number of aromatic nitrogens is 2. The lowest BCUT2D eigenvalue weighted by Gasteiger charge is -2.33. The molecule has 0 spiro atoms. The Kier molecular flexibility index (Phi) is 8.78. The van der Waals surface area contributed by atoms with Crippen LogP contribution in [0.5, 0.6) is 0 Å². The number of alkyl halides is 3. The zero-order valence-corrected chi connectivity index (χ0v) is 26.3. The number of hydrogen-bond donors (Lipinski definition) is 4. The van der Waals surface area contributed by atoms with Crippen LogP contribution < -0.4 is 4.72 Å². The molecule has 2 heterocycles. The van der Waals surface area contributed by atoms with Crippen molar-refractivity contribution in [2.75, 3.05) is 0 Å². The molecule has 1 fully saturated rings. The van der Waals surface area contributed by atoms with Crippen molar-refractivity contribution in [1.82, 2.24) is 19.2 Å². The van der Waals surface area contributed by atoms with E-state index in [2.05, 4.69) is 14.7 Å². The van der Waals surface area contributed by atoms with Gasteiger partial charge in [0.25, 0.3) is 10.0 Å². The van der Waals surface area contributed by atoms with E-state index >= 15 is 0 Å². The lowest BCUT2D eigenvalue weighted by atomic mass is 10.0. The van der Waals surface area contributed by atoms with Crippen LogP contribution in [0, 0.1) is 0 Å². The second kappa shape index (κ2) is 12.7. The second-order valence-corrected chi connectivity index (χ2v) is 14.7. The van der Waals surface area contributed by atoms with Gasteiger partial charge in [-0.3, -0.25) is 18.6 Å². The molecule has 2 atom stereocenters. The fraction of sp³-hybridized carbons (Fsp3) is 0.156. The third-order valence-electron chi connectivity index (χ3n) is 7.69. The molecule has 0 unspecified atom stereocenters. The summed E-state index contributed by atoms with van der Waals surface area (Å²) < 4.78 is 91.8. The predicted molar refractivity (Wildman–Crippen MR) is 170 cm³/mol. The molecule has 1 saturated heterocycles. The van der Waals surface area contributed by atoms with Gasteiger partial charge in [-0.15, -0.1) is 10.8 Å². The largest absolute Gasteiger partial charge is 0.492 e. The summed E-state index contributed by atoms with van der Waals surface area (Å²) in [5.41, 5.74) is 2.98. The number of fused-ring (bicyclic) bond motifs is 1. The first-order valence-electron chi connectivity index (χ1n) is 14.3. The Labute approximate surface area is 273 Å². The summed E-state index contributed by atoms with van der Waals surface area (Å²) in [6.45, 7) is 0. The number of benzene rings is 4. The minimum absolute atomic E-state index is 0.0160. The summed E-state index contributed by atoms with van der Waals surface area (Å²) in [6.07, 6.45) is -6.06. The molecule has 0 saturated carbocycles. The molecule has 11 nitrogen and oxygen atoms in total. The van der Waals surface area contributed by atoms with Crippen LogP contribution in [-0.4, -0.2) is 50.0 Å². The Balaban J connectivity index is 1.42. The molecule has 0 bridgehead atoms. The number of aromatic amines is 1. The number of amides is 1. The van der Waals surface area contributed by atoms with E-state index < -0.39 is 55.0 Å². The minimum atomic E-state index is -5.54. The van der Waals surface area contributed by atoms with E-state index in [1.165, 1.54) is 48.5 Å². The highest BCUT2D eigenvalue weighted by Gasteiger charge is 2.47. The fourth-order valence-corrected chi connectivity index (χ4v) is 8.18. The highest BCUT2D eigenvalue weighted by atomic mass is 32.3. The van der Waals surface area contributed by atoms with Crippen molar-refractivity contribution in [3.63, 3.8) is 0 Å². The molecular formula is C32H27F3N4O7S2. The van der Waals surface area contributed by atoms with Gasteiger partial charge >= 0.3 is 12.1 Å². The van der Waals surface area contributed by atoms with Crippen molar-refractivity contribution in [2.45, 2.75) is 35.2 Å². The van der Waals surface area contributed by atoms with E-state index in [9.17, 15) is 40.3 Å². The number of carbonyl (C=O) groups excluding carboxylic acids is 2. The van der Waals surface area contributed by atoms with E-state index in [1.54, 1.807) is 54.6 Å². The quantitative estimate of drug-likeness (QED) is 0.128. The molecule has 6 rings (SSSR count). The number of sulfonamides is 1. The van der Waals surface area contributed by atoms with Gasteiger partial charge in [0.15, 0.2) is 0 Å². The summed E-state index contributed by atoms with van der Waals surface area (Å²) in [4.78, 5) is 35.7. The van der Waals surface area contributed by atoms with Gasteiger partial charge in [-0.2, -0.15) is 13.2 Å². The van der Waals surface area contributed by atoms with Crippen molar-refractivity contribution in [3.05, 3.63) is 120 Å². The van der Waals surface area contributed by atoms with Gasteiger partial charge in [0.2, 0.25) is 5.91 Å². The molecule has 1 aromatic heterocycles. The van der Waals surface area contributed by atoms with Crippen molar-refractivity contribution < 1.29 is 45.1 Å². The van der Waals surface area contributed by atoms with Gasteiger partial charge in [0.05, 0.1) is 22.3 Å². The normalized spacial score (nSPS) is 17.6. The van der Waals surface area contributed by atoms with Crippen LogP contribution in [0.25, 0.3) is 22.2 Å². The van der Waals surface area contributed by atoms with E-state index in [0.29, 0.717) is 27.7 Å². The maximum Gasteiger partial charge on any atom is 0.492 e. The third-order valence-corrected chi connectivity index (χ3v) is 11.1. The van der Waals surface area contributed by atoms with Crippen LogP contribution in [0.2, 0.25) is 0 Å². The number of hydrogen-bond acceptors (Lipinski definition) is 8. The average molecular weight is 701 g/mol. The number of imidazole rings is 1. The summed E-state index contributed by atoms with van der Waals surface area (Å²) in [5, 5.41) is -0.936. The first kappa shape index (κ1) is 33.2. The predicted octanol–water partition coefficient (Wildman–Crippen LogP) is 6.45. The molecule has 5 aromatic rings. The molecule has 0 aliphatic carbocycles. The SMILES string of the molecule is O=C1C[C@H](c2ccc(C[C@@H](c3nc4ccccc4[nH]3)N(OC(=O)C(F)(F)F)S(=O)(=O)c3ccc(-c4ccccc4)cc3)cc2)S(O)(O)N1.